The van der Waals surface area contributed by atoms with Crippen LogP contribution in [0.3, 0.4) is 0 Å². The number of likely N-dealkylation sites (tertiary alicyclic amines) is 1. The molecule has 1 N–H and O–H groups in total. The monoisotopic (exact) mass is 346 g/mol. The molecule has 4 nitrogen and oxygen atoms in total. The molecule has 1 aromatic rings. The highest BCUT2D eigenvalue weighted by Crippen LogP contribution is 2.19. The second-order valence-electron chi connectivity index (χ2n) is 4.52. The Hall–Kier alpha value is -1.50. The zero-order chi connectivity index (χ0) is 14.7. The Labute approximate surface area is 123 Å². The molecule has 1 aliphatic heterocycles. The van der Waals surface area contributed by atoms with Gasteiger partial charge in [0.1, 0.15) is 17.2 Å². The van der Waals surface area contributed by atoms with Crippen molar-refractivity contribution in [2.75, 3.05) is 19.6 Å². The minimum Gasteiger partial charge on any atom is -0.343 e. The molecule has 7 heteroatoms. The summed E-state index contributed by atoms with van der Waals surface area (Å²) in [7, 11) is 0. The first-order chi connectivity index (χ1) is 9.49. The molecule has 0 atom stereocenters. The van der Waals surface area contributed by atoms with Gasteiger partial charge < -0.3 is 10.2 Å². The van der Waals surface area contributed by atoms with Crippen molar-refractivity contribution in [2.24, 2.45) is 0 Å². The number of benzene rings is 1. The number of carbonyl (C=O) groups is 2. The fourth-order valence-electron chi connectivity index (χ4n) is 2.08. The largest absolute Gasteiger partial charge is 0.343 e. The fraction of sp³-hybridized carbons (Fsp3) is 0.385. The Kier molecular flexibility index (Phi) is 4.69. The van der Waals surface area contributed by atoms with Gasteiger partial charge in [0.25, 0.3) is 5.91 Å². The van der Waals surface area contributed by atoms with Gasteiger partial charge in [0.15, 0.2) is 0 Å². The number of hydrogen-bond acceptors (Lipinski definition) is 2. The molecule has 108 valence electrons. The molecule has 0 bridgehead atoms. The molecule has 0 aromatic heterocycles. The van der Waals surface area contributed by atoms with E-state index in [-0.39, 0.29) is 16.9 Å². The Morgan fingerprint density at radius 3 is 2.30 bits per heavy atom. The number of nitrogens with zero attached hydrogens (tertiary/aromatic N) is 1. The molecule has 1 fully saturated rings. The molecule has 1 aromatic carbocycles. The van der Waals surface area contributed by atoms with Gasteiger partial charge in [-0.1, -0.05) is 15.9 Å². The van der Waals surface area contributed by atoms with E-state index in [0.717, 1.165) is 25.0 Å². The summed E-state index contributed by atoms with van der Waals surface area (Å²) in [4.78, 5) is 25.1. The van der Waals surface area contributed by atoms with Crippen molar-refractivity contribution in [1.82, 2.24) is 10.2 Å². The van der Waals surface area contributed by atoms with Crippen LogP contribution in [0.2, 0.25) is 0 Å². The highest BCUT2D eigenvalue weighted by atomic mass is 79.9. The lowest BCUT2D eigenvalue weighted by atomic mass is 10.2. The quantitative estimate of drug-likeness (QED) is 0.910. The van der Waals surface area contributed by atoms with E-state index < -0.39 is 23.1 Å². The fourth-order valence-corrected chi connectivity index (χ4v) is 2.48. The Morgan fingerprint density at radius 1 is 1.20 bits per heavy atom. The zero-order valence-corrected chi connectivity index (χ0v) is 12.2. The van der Waals surface area contributed by atoms with E-state index in [1.54, 1.807) is 4.90 Å². The number of hydrogen-bond donors (Lipinski definition) is 1. The summed E-state index contributed by atoms with van der Waals surface area (Å²) >= 11 is 2.93. The van der Waals surface area contributed by atoms with Crippen LogP contribution < -0.4 is 5.32 Å². The van der Waals surface area contributed by atoms with Crippen molar-refractivity contribution in [3.05, 3.63) is 33.8 Å². The standard InChI is InChI=1S/C13H13BrF2N2O2/c14-8-5-9(15)12(10(16)6-8)13(20)17-7-11(19)18-3-1-2-4-18/h5-6H,1-4,7H2,(H,17,20). The molecular weight excluding hydrogens is 334 g/mol. The van der Waals surface area contributed by atoms with Gasteiger partial charge in [-0.3, -0.25) is 9.59 Å². The van der Waals surface area contributed by atoms with Gasteiger partial charge in [-0.05, 0) is 25.0 Å². The number of amides is 2. The third kappa shape index (κ3) is 3.33. The molecule has 20 heavy (non-hydrogen) atoms. The highest BCUT2D eigenvalue weighted by Gasteiger charge is 2.21. The first kappa shape index (κ1) is 14.9. The minimum atomic E-state index is -0.969. The number of nitrogens with one attached hydrogen (secondary N) is 1. The average Bonchev–Trinajstić information content (AvgIpc) is 2.88. The van der Waals surface area contributed by atoms with Gasteiger partial charge in [-0.2, -0.15) is 0 Å². The van der Waals surface area contributed by atoms with E-state index >= 15 is 0 Å². The van der Waals surface area contributed by atoms with Crippen LogP contribution in [0, 0.1) is 11.6 Å². The van der Waals surface area contributed by atoms with E-state index in [1.165, 1.54) is 0 Å². The van der Waals surface area contributed by atoms with Crippen molar-refractivity contribution in [1.29, 1.82) is 0 Å². The van der Waals surface area contributed by atoms with Gasteiger partial charge in [0.2, 0.25) is 5.91 Å². The van der Waals surface area contributed by atoms with E-state index in [4.69, 9.17) is 0 Å². The van der Waals surface area contributed by atoms with Crippen LogP contribution in [-0.2, 0) is 4.79 Å². The van der Waals surface area contributed by atoms with E-state index in [0.29, 0.717) is 13.1 Å². The smallest absolute Gasteiger partial charge is 0.257 e. The summed E-state index contributed by atoms with van der Waals surface area (Å²) in [6.07, 6.45) is 1.88. The van der Waals surface area contributed by atoms with Crippen molar-refractivity contribution in [2.45, 2.75) is 12.8 Å². The number of halogens is 3. The summed E-state index contributed by atoms with van der Waals surface area (Å²) in [5, 5.41) is 2.25. The minimum absolute atomic E-state index is 0.206. The van der Waals surface area contributed by atoms with Crippen LogP contribution in [0.5, 0.6) is 0 Å². The molecule has 1 heterocycles. The summed E-state index contributed by atoms with van der Waals surface area (Å²) in [6.45, 7) is 1.07. The molecule has 0 unspecified atom stereocenters. The second-order valence-corrected chi connectivity index (χ2v) is 5.43. The van der Waals surface area contributed by atoms with Crippen LogP contribution in [0.15, 0.2) is 16.6 Å². The number of rotatable bonds is 3. The van der Waals surface area contributed by atoms with Crippen LogP contribution in [-0.4, -0.2) is 36.3 Å². The van der Waals surface area contributed by atoms with Crippen molar-refractivity contribution >= 4 is 27.7 Å². The van der Waals surface area contributed by atoms with Crippen LogP contribution >= 0.6 is 15.9 Å². The number of carbonyl (C=O) groups excluding carboxylic acids is 2. The first-order valence-electron chi connectivity index (χ1n) is 6.19. The summed E-state index contributed by atoms with van der Waals surface area (Å²) in [5.41, 5.74) is -0.678. The van der Waals surface area contributed by atoms with Gasteiger partial charge >= 0.3 is 0 Å². The molecule has 2 amide bonds. The summed E-state index contributed by atoms with van der Waals surface area (Å²) in [5.74, 6) is -3.11. The topological polar surface area (TPSA) is 49.4 Å². The highest BCUT2D eigenvalue weighted by molar-refractivity contribution is 9.10. The molecule has 0 saturated carbocycles. The molecule has 2 rings (SSSR count). The van der Waals surface area contributed by atoms with E-state index in [9.17, 15) is 18.4 Å². The molecule has 0 spiro atoms. The van der Waals surface area contributed by atoms with Crippen LogP contribution in [0.25, 0.3) is 0 Å². The third-order valence-corrected chi connectivity index (χ3v) is 3.55. The van der Waals surface area contributed by atoms with Gasteiger partial charge in [0.05, 0.1) is 6.54 Å². The maximum atomic E-state index is 13.6. The predicted molar refractivity (Wildman–Crippen MR) is 72.2 cm³/mol. The van der Waals surface area contributed by atoms with E-state index in [2.05, 4.69) is 21.2 Å². The van der Waals surface area contributed by atoms with Crippen LogP contribution in [0.4, 0.5) is 8.78 Å². The predicted octanol–water partition coefficient (Wildman–Crippen LogP) is 2.08. The summed E-state index contributed by atoms with van der Waals surface area (Å²) < 4.78 is 27.3. The zero-order valence-electron chi connectivity index (χ0n) is 10.6. The lowest BCUT2D eigenvalue weighted by Gasteiger charge is -2.15. The maximum absolute atomic E-state index is 13.6. The first-order valence-corrected chi connectivity index (χ1v) is 6.99. The normalized spacial score (nSPS) is 14.4. The molecule has 1 saturated heterocycles. The van der Waals surface area contributed by atoms with Crippen molar-refractivity contribution in [3.8, 4) is 0 Å². The molecule has 1 aliphatic rings. The third-order valence-electron chi connectivity index (χ3n) is 3.09. The Balaban J connectivity index is 2.00. The van der Waals surface area contributed by atoms with Gasteiger partial charge in [0, 0.05) is 17.6 Å². The Morgan fingerprint density at radius 2 is 1.75 bits per heavy atom. The summed E-state index contributed by atoms with van der Waals surface area (Å²) in [6, 6.07) is 2.00. The second kappa shape index (κ2) is 6.30. The van der Waals surface area contributed by atoms with Crippen molar-refractivity contribution < 1.29 is 18.4 Å². The van der Waals surface area contributed by atoms with Gasteiger partial charge in [-0.25, -0.2) is 8.78 Å². The Bertz CT molecular complexity index is 522. The lowest BCUT2D eigenvalue weighted by Crippen LogP contribution is -2.39. The maximum Gasteiger partial charge on any atom is 0.257 e. The van der Waals surface area contributed by atoms with E-state index in [1.807, 2.05) is 0 Å². The molecule has 0 aliphatic carbocycles. The molecule has 0 radical (unpaired) electrons. The lowest BCUT2D eigenvalue weighted by molar-refractivity contribution is -0.129. The van der Waals surface area contributed by atoms with Crippen LogP contribution in [0.1, 0.15) is 23.2 Å². The SMILES string of the molecule is O=C(NCC(=O)N1CCCC1)c1c(F)cc(Br)cc1F. The van der Waals surface area contributed by atoms with Crippen molar-refractivity contribution in [3.63, 3.8) is 0 Å². The van der Waals surface area contributed by atoms with Gasteiger partial charge in [-0.15, -0.1) is 0 Å². The molecular formula is C13H13BrF2N2O2. The average molecular weight is 347 g/mol.